The zero-order valence-electron chi connectivity index (χ0n) is 11.4. The lowest BCUT2D eigenvalue weighted by Crippen LogP contribution is -2.30. The first-order chi connectivity index (χ1) is 9.06. The Morgan fingerprint density at radius 1 is 1.26 bits per heavy atom. The minimum Gasteiger partial charge on any atom is -0.493 e. The number of hydrogen-bond acceptors (Lipinski definition) is 4. The number of carbonyl (C=O) groups is 1. The van der Waals surface area contributed by atoms with Crippen molar-refractivity contribution in [3.05, 3.63) is 17.8 Å². The number of fused-ring (bicyclic) bond motifs is 1. The van der Waals surface area contributed by atoms with Crippen LogP contribution >= 0.6 is 0 Å². The van der Waals surface area contributed by atoms with Crippen molar-refractivity contribution in [2.45, 2.75) is 19.9 Å². The Bertz CT molecular complexity index is 604. The highest BCUT2D eigenvalue weighted by molar-refractivity contribution is 6.05. The van der Waals surface area contributed by atoms with E-state index >= 15 is 0 Å². The molecule has 0 unspecified atom stereocenters. The lowest BCUT2D eigenvalue weighted by atomic mass is 10.1. The number of benzene rings is 1. The summed E-state index contributed by atoms with van der Waals surface area (Å²) in [5.41, 5.74) is 1.08. The lowest BCUT2D eigenvalue weighted by molar-refractivity contribution is 0.0939. The van der Waals surface area contributed by atoms with E-state index in [2.05, 4.69) is 15.5 Å². The molecular weight excluding hydrogens is 246 g/mol. The summed E-state index contributed by atoms with van der Waals surface area (Å²) in [6.45, 7) is 3.80. The van der Waals surface area contributed by atoms with Crippen LogP contribution < -0.4 is 14.8 Å². The number of nitrogens with one attached hydrogen (secondary N) is 2. The van der Waals surface area contributed by atoms with Gasteiger partial charge in [0.05, 0.1) is 19.7 Å². The quantitative estimate of drug-likeness (QED) is 0.880. The van der Waals surface area contributed by atoms with Crippen molar-refractivity contribution in [3.8, 4) is 11.5 Å². The fourth-order valence-electron chi connectivity index (χ4n) is 1.85. The number of aromatic amines is 1. The normalized spacial score (nSPS) is 10.8. The van der Waals surface area contributed by atoms with Crippen LogP contribution in [0.2, 0.25) is 0 Å². The molecule has 0 saturated carbocycles. The van der Waals surface area contributed by atoms with Crippen LogP contribution in [-0.4, -0.2) is 36.4 Å². The first-order valence-corrected chi connectivity index (χ1v) is 5.97. The number of methoxy groups -OCH3 is 2. The molecule has 0 aliphatic rings. The molecule has 0 saturated heterocycles. The summed E-state index contributed by atoms with van der Waals surface area (Å²) in [6, 6.07) is 3.56. The molecule has 0 aliphatic heterocycles. The Morgan fingerprint density at radius 3 is 2.47 bits per heavy atom. The molecule has 1 aromatic heterocycles. The highest BCUT2D eigenvalue weighted by Crippen LogP contribution is 2.32. The molecule has 2 rings (SSSR count). The van der Waals surface area contributed by atoms with Crippen molar-refractivity contribution in [2.75, 3.05) is 14.2 Å². The number of carbonyl (C=O) groups excluding carboxylic acids is 1. The molecule has 0 radical (unpaired) electrons. The van der Waals surface area contributed by atoms with Gasteiger partial charge in [0.1, 0.15) is 0 Å². The summed E-state index contributed by atoms with van der Waals surface area (Å²) >= 11 is 0. The average molecular weight is 263 g/mol. The van der Waals surface area contributed by atoms with Gasteiger partial charge < -0.3 is 14.8 Å². The van der Waals surface area contributed by atoms with Gasteiger partial charge in [0, 0.05) is 17.5 Å². The van der Waals surface area contributed by atoms with Gasteiger partial charge in [-0.2, -0.15) is 5.10 Å². The van der Waals surface area contributed by atoms with Crippen LogP contribution in [0.4, 0.5) is 0 Å². The van der Waals surface area contributed by atoms with E-state index in [-0.39, 0.29) is 11.9 Å². The Kier molecular flexibility index (Phi) is 3.59. The zero-order chi connectivity index (χ0) is 14.0. The summed E-state index contributed by atoms with van der Waals surface area (Å²) < 4.78 is 10.4. The van der Waals surface area contributed by atoms with Crippen LogP contribution in [-0.2, 0) is 0 Å². The van der Waals surface area contributed by atoms with Gasteiger partial charge in [-0.05, 0) is 19.9 Å². The van der Waals surface area contributed by atoms with Gasteiger partial charge in [0.2, 0.25) is 0 Å². The highest BCUT2D eigenvalue weighted by Gasteiger charge is 2.17. The number of aromatic nitrogens is 2. The van der Waals surface area contributed by atoms with Gasteiger partial charge in [0.15, 0.2) is 17.2 Å². The van der Waals surface area contributed by atoms with E-state index in [0.717, 1.165) is 5.52 Å². The molecule has 102 valence electrons. The predicted molar refractivity (Wildman–Crippen MR) is 71.8 cm³/mol. The topological polar surface area (TPSA) is 76.2 Å². The number of nitrogens with zero attached hydrogens (tertiary/aromatic N) is 1. The number of H-pyrrole nitrogens is 1. The number of amides is 1. The van der Waals surface area contributed by atoms with Crippen LogP contribution in [0.5, 0.6) is 11.5 Å². The summed E-state index contributed by atoms with van der Waals surface area (Å²) in [7, 11) is 3.12. The Balaban J connectivity index is 2.50. The van der Waals surface area contributed by atoms with Gasteiger partial charge in [-0.3, -0.25) is 9.89 Å². The van der Waals surface area contributed by atoms with Crippen molar-refractivity contribution in [3.63, 3.8) is 0 Å². The van der Waals surface area contributed by atoms with Crippen molar-refractivity contribution in [2.24, 2.45) is 0 Å². The lowest BCUT2D eigenvalue weighted by Gasteiger charge is -2.08. The molecule has 0 spiro atoms. The number of ether oxygens (including phenoxy) is 2. The maximum atomic E-state index is 12.0. The standard InChI is InChI=1S/C13H17N3O3/c1-7(2)14-13(17)12-8-5-10(18-3)11(19-4)6-9(8)15-16-12/h5-7H,1-4H3,(H,14,17)(H,15,16). The average Bonchev–Trinajstić information content (AvgIpc) is 2.78. The van der Waals surface area contributed by atoms with E-state index in [4.69, 9.17) is 9.47 Å². The van der Waals surface area contributed by atoms with Crippen LogP contribution in [0.25, 0.3) is 10.9 Å². The third kappa shape index (κ3) is 2.47. The second kappa shape index (κ2) is 5.17. The minimum absolute atomic E-state index is 0.0550. The monoisotopic (exact) mass is 263 g/mol. The maximum Gasteiger partial charge on any atom is 0.272 e. The molecule has 19 heavy (non-hydrogen) atoms. The number of hydrogen-bond donors (Lipinski definition) is 2. The SMILES string of the molecule is COc1cc2[nH]nc(C(=O)NC(C)C)c2cc1OC. The van der Waals surface area contributed by atoms with E-state index in [1.54, 1.807) is 26.4 Å². The van der Waals surface area contributed by atoms with Gasteiger partial charge in [0.25, 0.3) is 5.91 Å². The summed E-state index contributed by atoms with van der Waals surface area (Å²) in [4.78, 5) is 12.0. The third-order valence-electron chi connectivity index (χ3n) is 2.70. The third-order valence-corrected chi connectivity index (χ3v) is 2.70. The summed E-state index contributed by atoms with van der Waals surface area (Å²) in [5.74, 6) is 0.943. The van der Waals surface area contributed by atoms with E-state index < -0.39 is 0 Å². The maximum absolute atomic E-state index is 12.0. The molecule has 6 heteroatoms. The fraction of sp³-hybridized carbons (Fsp3) is 0.385. The van der Waals surface area contributed by atoms with Crippen LogP contribution in [0.3, 0.4) is 0 Å². The van der Waals surface area contributed by atoms with Gasteiger partial charge in [-0.25, -0.2) is 0 Å². The second-order valence-corrected chi connectivity index (χ2v) is 4.45. The molecule has 2 aromatic rings. The van der Waals surface area contributed by atoms with Crippen molar-refractivity contribution >= 4 is 16.8 Å². The molecule has 1 aromatic carbocycles. The molecule has 0 atom stereocenters. The van der Waals surface area contributed by atoms with Crippen LogP contribution in [0.15, 0.2) is 12.1 Å². The Hall–Kier alpha value is -2.24. The fourth-order valence-corrected chi connectivity index (χ4v) is 1.85. The van der Waals surface area contributed by atoms with Crippen molar-refractivity contribution < 1.29 is 14.3 Å². The smallest absolute Gasteiger partial charge is 0.272 e. The summed E-state index contributed by atoms with van der Waals surface area (Å²) in [5, 5.41) is 10.4. The number of rotatable bonds is 4. The Labute approximate surface area is 111 Å². The van der Waals surface area contributed by atoms with Crippen molar-refractivity contribution in [1.82, 2.24) is 15.5 Å². The van der Waals surface area contributed by atoms with E-state index in [9.17, 15) is 4.79 Å². The molecule has 0 fully saturated rings. The molecular formula is C13H17N3O3. The highest BCUT2D eigenvalue weighted by atomic mass is 16.5. The first-order valence-electron chi connectivity index (χ1n) is 5.97. The molecule has 0 bridgehead atoms. The molecule has 1 heterocycles. The van der Waals surface area contributed by atoms with Crippen LogP contribution in [0.1, 0.15) is 24.3 Å². The van der Waals surface area contributed by atoms with Gasteiger partial charge in [-0.1, -0.05) is 0 Å². The van der Waals surface area contributed by atoms with E-state index in [1.807, 2.05) is 13.8 Å². The largest absolute Gasteiger partial charge is 0.493 e. The van der Waals surface area contributed by atoms with Crippen molar-refractivity contribution in [1.29, 1.82) is 0 Å². The molecule has 2 N–H and O–H groups in total. The predicted octanol–water partition coefficient (Wildman–Crippen LogP) is 1.72. The second-order valence-electron chi connectivity index (χ2n) is 4.45. The summed E-state index contributed by atoms with van der Waals surface area (Å²) in [6.07, 6.45) is 0. The first kappa shape index (κ1) is 13.2. The molecule has 6 nitrogen and oxygen atoms in total. The van der Waals surface area contributed by atoms with E-state index in [0.29, 0.717) is 22.6 Å². The minimum atomic E-state index is -0.214. The zero-order valence-corrected chi connectivity index (χ0v) is 11.4. The van der Waals surface area contributed by atoms with Crippen LogP contribution in [0, 0.1) is 0 Å². The Morgan fingerprint density at radius 2 is 1.89 bits per heavy atom. The molecule has 0 aliphatic carbocycles. The molecule has 1 amide bonds. The van der Waals surface area contributed by atoms with Gasteiger partial charge in [-0.15, -0.1) is 0 Å². The van der Waals surface area contributed by atoms with Gasteiger partial charge >= 0.3 is 0 Å². The van der Waals surface area contributed by atoms with E-state index in [1.165, 1.54) is 0 Å².